The molecule has 0 unspecified atom stereocenters. The molecule has 0 radical (unpaired) electrons. The van der Waals surface area contributed by atoms with Crippen molar-refractivity contribution in [3.05, 3.63) is 3.92 Å². The van der Waals surface area contributed by atoms with Crippen LogP contribution in [-0.4, -0.2) is 41.3 Å². The largest absolute Gasteiger partial charge is 0.360 e. The van der Waals surface area contributed by atoms with Crippen LogP contribution >= 0.6 is 27.3 Å². The molecule has 1 aliphatic heterocycles. The Morgan fingerprint density at radius 3 is 2.75 bits per heavy atom. The van der Waals surface area contributed by atoms with Crippen molar-refractivity contribution in [2.75, 3.05) is 31.5 Å². The molecule has 0 saturated carbocycles. The minimum Gasteiger partial charge on any atom is -0.360 e. The number of aromatic nitrogens is 2. The van der Waals surface area contributed by atoms with E-state index in [0.717, 1.165) is 21.5 Å². The van der Waals surface area contributed by atoms with Gasteiger partial charge in [0.25, 0.3) is 0 Å². The van der Waals surface area contributed by atoms with Gasteiger partial charge < -0.3 is 10.2 Å². The van der Waals surface area contributed by atoms with Crippen LogP contribution < -0.4 is 5.32 Å². The molecule has 0 aliphatic carbocycles. The van der Waals surface area contributed by atoms with Crippen molar-refractivity contribution in [1.82, 2.24) is 15.1 Å². The van der Waals surface area contributed by atoms with Crippen LogP contribution in [0.1, 0.15) is 19.8 Å². The fraction of sp³-hybridized carbons (Fsp3) is 0.800. The summed E-state index contributed by atoms with van der Waals surface area (Å²) >= 11 is 4.87. The van der Waals surface area contributed by atoms with Crippen LogP contribution in [0.25, 0.3) is 0 Å². The van der Waals surface area contributed by atoms with Crippen molar-refractivity contribution in [2.45, 2.75) is 19.8 Å². The van der Waals surface area contributed by atoms with Crippen molar-refractivity contribution in [1.29, 1.82) is 0 Å². The summed E-state index contributed by atoms with van der Waals surface area (Å²) in [6.45, 7) is 6.92. The second-order valence-corrected chi connectivity index (χ2v) is 6.37. The predicted octanol–water partition coefficient (Wildman–Crippen LogP) is 2.44. The summed E-state index contributed by atoms with van der Waals surface area (Å²) in [5.41, 5.74) is 0. The lowest BCUT2D eigenvalue weighted by Gasteiger charge is -2.30. The number of piperidine rings is 1. The molecule has 90 valence electrons. The molecule has 2 heterocycles. The second-order valence-electron chi connectivity index (χ2n) is 4.12. The standard InChI is InChI=1S/C10H17BrN4S/c1-2-15-5-3-8(4-6-15)7-12-10-14-13-9(11)16-10/h8H,2-7H2,1H3,(H,12,14). The summed E-state index contributed by atoms with van der Waals surface area (Å²) in [4.78, 5) is 2.51. The summed E-state index contributed by atoms with van der Waals surface area (Å²) in [5, 5.41) is 12.2. The van der Waals surface area contributed by atoms with E-state index >= 15 is 0 Å². The Morgan fingerprint density at radius 2 is 2.19 bits per heavy atom. The van der Waals surface area contributed by atoms with Gasteiger partial charge in [0, 0.05) is 6.54 Å². The molecular weight excluding hydrogens is 288 g/mol. The number of nitrogens with one attached hydrogen (secondary N) is 1. The fourth-order valence-corrected chi connectivity index (χ4v) is 3.03. The number of hydrogen-bond acceptors (Lipinski definition) is 5. The number of anilines is 1. The van der Waals surface area contributed by atoms with Crippen LogP contribution in [0.5, 0.6) is 0 Å². The van der Waals surface area contributed by atoms with Crippen molar-refractivity contribution < 1.29 is 0 Å². The summed E-state index contributed by atoms with van der Waals surface area (Å²) in [6, 6.07) is 0. The molecule has 0 amide bonds. The number of rotatable bonds is 4. The molecule has 4 nitrogen and oxygen atoms in total. The molecule has 1 aromatic rings. The third-order valence-electron chi connectivity index (χ3n) is 3.10. The first-order valence-electron chi connectivity index (χ1n) is 5.73. The molecule has 1 aliphatic rings. The Morgan fingerprint density at radius 1 is 1.44 bits per heavy atom. The summed E-state index contributed by atoms with van der Waals surface area (Å²) < 4.78 is 0.843. The zero-order valence-electron chi connectivity index (χ0n) is 9.45. The van der Waals surface area contributed by atoms with E-state index in [1.54, 1.807) is 11.3 Å². The van der Waals surface area contributed by atoms with Gasteiger partial charge in [0.2, 0.25) is 5.13 Å². The summed E-state index contributed by atoms with van der Waals surface area (Å²) in [5.74, 6) is 0.783. The molecule has 1 aromatic heterocycles. The quantitative estimate of drug-likeness (QED) is 0.928. The Bertz CT molecular complexity index is 322. The van der Waals surface area contributed by atoms with Gasteiger partial charge in [0.15, 0.2) is 3.92 Å². The van der Waals surface area contributed by atoms with Gasteiger partial charge in [-0.05, 0) is 54.3 Å². The van der Waals surface area contributed by atoms with E-state index in [1.807, 2.05) is 0 Å². The Hall–Kier alpha value is -0.200. The van der Waals surface area contributed by atoms with E-state index in [-0.39, 0.29) is 0 Å². The Balaban J connectivity index is 1.71. The van der Waals surface area contributed by atoms with Crippen molar-refractivity contribution in [2.24, 2.45) is 5.92 Å². The van der Waals surface area contributed by atoms with Crippen molar-refractivity contribution >= 4 is 32.4 Å². The van der Waals surface area contributed by atoms with Crippen LogP contribution in [0.2, 0.25) is 0 Å². The first kappa shape index (κ1) is 12.3. The fourth-order valence-electron chi connectivity index (χ4n) is 2.02. The smallest absolute Gasteiger partial charge is 0.206 e. The van der Waals surface area contributed by atoms with Crippen LogP contribution in [0.4, 0.5) is 5.13 Å². The van der Waals surface area contributed by atoms with Gasteiger partial charge in [-0.25, -0.2) is 0 Å². The van der Waals surface area contributed by atoms with Crippen molar-refractivity contribution in [3.63, 3.8) is 0 Å². The molecule has 0 aromatic carbocycles. The minimum atomic E-state index is 0.783. The maximum atomic E-state index is 4.03. The van der Waals surface area contributed by atoms with E-state index in [4.69, 9.17) is 0 Å². The monoisotopic (exact) mass is 304 g/mol. The highest BCUT2D eigenvalue weighted by Crippen LogP contribution is 2.22. The van der Waals surface area contributed by atoms with Gasteiger partial charge >= 0.3 is 0 Å². The highest BCUT2D eigenvalue weighted by molar-refractivity contribution is 9.11. The number of nitrogens with zero attached hydrogens (tertiary/aromatic N) is 3. The number of halogens is 1. The first-order valence-corrected chi connectivity index (χ1v) is 7.34. The van der Waals surface area contributed by atoms with Gasteiger partial charge in [-0.1, -0.05) is 18.3 Å². The van der Waals surface area contributed by atoms with Crippen LogP contribution in [0.15, 0.2) is 3.92 Å². The third-order valence-corrected chi connectivity index (χ3v) is 4.41. The van der Waals surface area contributed by atoms with Crippen LogP contribution in [0.3, 0.4) is 0 Å². The maximum Gasteiger partial charge on any atom is 0.206 e. The molecule has 0 atom stereocenters. The zero-order valence-corrected chi connectivity index (χ0v) is 11.9. The molecule has 16 heavy (non-hydrogen) atoms. The normalized spacial score (nSPS) is 18.9. The first-order chi connectivity index (χ1) is 7.78. The molecule has 0 bridgehead atoms. The van der Waals surface area contributed by atoms with Crippen LogP contribution in [-0.2, 0) is 0 Å². The third kappa shape index (κ3) is 3.40. The summed E-state index contributed by atoms with van der Waals surface area (Å²) in [6.07, 6.45) is 2.58. The number of hydrogen-bond donors (Lipinski definition) is 1. The van der Waals surface area contributed by atoms with Crippen molar-refractivity contribution in [3.8, 4) is 0 Å². The molecule has 6 heteroatoms. The molecule has 2 rings (SSSR count). The molecule has 1 N–H and O–H groups in total. The van der Waals surface area contributed by atoms with Gasteiger partial charge in [-0.3, -0.25) is 0 Å². The summed E-state index contributed by atoms with van der Waals surface area (Å²) in [7, 11) is 0. The predicted molar refractivity (Wildman–Crippen MR) is 70.9 cm³/mol. The Labute approximate surface area is 109 Å². The lowest BCUT2D eigenvalue weighted by atomic mass is 9.97. The lowest BCUT2D eigenvalue weighted by molar-refractivity contribution is 0.198. The highest BCUT2D eigenvalue weighted by Gasteiger charge is 2.17. The van der Waals surface area contributed by atoms with Gasteiger partial charge in [0.05, 0.1) is 0 Å². The van der Waals surface area contributed by atoms with E-state index in [0.29, 0.717) is 0 Å². The Kier molecular flexibility index (Phi) is 4.55. The average Bonchev–Trinajstić information content (AvgIpc) is 2.73. The SMILES string of the molecule is CCN1CCC(CNc2nnc(Br)s2)CC1. The van der Waals surface area contributed by atoms with E-state index in [2.05, 4.69) is 43.3 Å². The van der Waals surface area contributed by atoms with Gasteiger partial charge in [-0.15, -0.1) is 10.2 Å². The second kappa shape index (κ2) is 5.93. The molecule has 1 saturated heterocycles. The number of likely N-dealkylation sites (tertiary alicyclic amines) is 1. The molecule has 0 spiro atoms. The lowest BCUT2D eigenvalue weighted by Crippen LogP contribution is -2.35. The minimum absolute atomic E-state index is 0.783. The van der Waals surface area contributed by atoms with E-state index in [9.17, 15) is 0 Å². The van der Waals surface area contributed by atoms with E-state index < -0.39 is 0 Å². The van der Waals surface area contributed by atoms with Gasteiger partial charge in [0.1, 0.15) is 0 Å². The van der Waals surface area contributed by atoms with Gasteiger partial charge in [-0.2, -0.15) is 0 Å². The highest BCUT2D eigenvalue weighted by atomic mass is 79.9. The topological polar surface area (TPSA) is 41.0 Å². The molecular formula is C10H17BrN4S. The zero-order chi connectivity index (χ0) is 11.4. The average molecular weight is 305 g/mol. The van der Waals surface area contributed by atoms with E-state index in [1.165, 1.54) is 32.5 Å². The van der Waals surface area contributed by atoms with Crippen LogP contribution in [0, 0.1) is 5.92 Å². The molecule has 1 fully saturated rings. The maximum absolute atomic E-state index is 4.03.